The lowest BCUT2D eigenvalue weighted by Crippen LogP contribution is -2.21. The molecule has 0 aliphatic rings. The predicted molar refractivity (Wildman–Crippen MR) is 133 cm³/mol. The van der Waals surface area contributed by atoms with E-state index in [4.69, 9.17) is 14.2 Å². The molecule has 0 spiro atoms. The Bertz CT molecular complexity index is 1160. The average molecular weight is 477 g/mol. The number of ether oxygens (including phenoxy) is 3. The van der Waals surface area contributed by atoms with E-state index in [0.29, 0.717) is 35.0 Å². The number of aryl methyl sites for hydroxylation is 1. The van der Waals surface area contributed by atoms with Crippen molar-refractivity contribution in [3.63, 3.8) is 0 Å². The second-order valence-corrected chi connectivity index (χ2v) is 7.70. The fraction of sp³-hybridized carbons (Fsp3) is 0.222. The zero-order chi connectivity index (χ0) is 25.0. The van der Waals surface area contributed by atoms with Gasteiger partial charge in [0.15, 0.2) is 18.1 Å². The summed E-state index contributed by atoms with van der Waals surface area (Å²) in [5.41, 5.74) is 2.19. The van der Waals surface area contributed by atoms with Crippen LogP contribution in [-0.4, -0.2) is 31.5 Å². The zero-order valence-corrected chi connectivity index (χ0v) is 19.7. The quantitative estimate of drug-likeness (QED) is 0.374. The van der Waals surface area contributed by atoms with Gasteiger partial charge in [-0.3, -0.25) is 14.4 Å². The van der Waals surface area contributed by atoms with Crippen LogP contribution in [-0.2, 0) is 19.1 Å². The van der Waals surface area contributed by atoms with Gasteiger partial charge in [-0.05, 0) is 61.4 Å². The summed E-state index contributed by atoms with van der Waals surface area (Å²) in [6.45, 7) is 1.50. The second-order valence-electron chi connectivity index (χ2n) is 7.70. The maximum atomic E-state index is 12.2. The number of carbonyl (C=O) groups excluding carboxylic acids is 3. The minimum atomic E-state index is -0.532. The Morgan fingerprint density at radius 2 is 1.46 bits per heavy atom. The molecule has 2 N–H and O–H groups in total. The van der Waals surface area contributed by atoms with Gasteiger partial charge in [0.1, 0.15) is 5.75 Å². The van der Waals surface area contributed by atoms with Crippen LogP contribution in [0.1, 0.15) is 24.8 Å². The van der Waals surface area contributed by atoms with Gasteiger partial charge in [0.05, 0.1) is 7.11 Å². The summed E-state index contributed by atoms with van der Waals surface area (Å²) in [7, 11) is 1.57. The van der Waals surface area contributed by atoms with E-state index >= 15 is 0 Å². The number of methoxy groups -OCH3 is 1. The Balaban J connectivity index is 1.35. The zero-order valence-electron chi connectivity index (χ0n) is 19.7. The molecular formula is C27H28N2O6. The number of amides is 2. The standard InChI is InChI=1S/C27H28N2O6/c1-19-8-3-4-9-22(19)29-26(31)18-34-27(32)13-7-12-25(30)28-20-14-16-21(17-15-20)35-24-11-6-5-10-23(24)33-2/h3-6,8-11,14-17H,7,12-13,18H2,1-2H3,(H,28,30)(H,29,31). The highest BCUT2D eigenvalue weighted by atomic mass is 16.5. The van der Waals surface area contributed by atoms with Crippen LogP contribution >= 0.6 is 0 Å². The van der Waals surface area contributed by atoms with Gasteiger partial charge in [-0.2, -0.15) is 0 Å². The van der Waals surface area contributed by atoms with E-state index in [1.165, 1.54) is 0 Å². The number of esters is 1. The molecule has 182 valence electrons. The van der Waals surface area contributed by atoms with E-state index in [1.54, 1.807) is 49.6 Å². The van der Waals surface area contributed by atoms with Gasteiger partial charge < -0.3 is 24.8 Å². The molecule has 2 amide bonds. The van der Waals surface area contributed by atoms with Crippen LogP contribution in [0.25, 0.3) is 0 Å². The summed E-state index contributed by atoms with van der Waals surface area (Å²) < 4.78 is 16.1. The molecule has 0 atom stereocenters. The molecule has 0 unspecified atom stereocenters. The summed E-state index contributed by atoms with van der Waals surface area (Å²) in [6, 6.07) is 21.6. The molecule has 0 bridgehead atoms. The van der Waals surface area contributed by atoms with Gasteiger partial charge >= 0.3 is 5.97 Å². The van der Waals surface area contributed by atoms with Gasteiger partial charge in [0, 0.05) is 24.2 Å². The van der Waals surface area contributed by atoms with Crippen LogP contribution in [0.5, 0.6) is 17.2 Å². The third-order valence-corrected chi connectivity index (χ3v) is 5.00. The van der Waals surface area contributed by atoms with Crippen LogP contribution in [0.2, 0.25) is 0 Å². The first-order valence-corrected chi connectivity index (χ1v) is 11.2. The minimum absolute atomic E-state index is 0.0384. The van der Waals surface area contributed by atoms with Crippen molar-refractivity contribution in [2.45, 2.75) is 26.2 Å². The maximum absolute atomic E-state index is 12.2. The highest BCUT2D eigenvalue weighted by molar-refractivity contribution is 5.93. The number of carbonyl (C=O) groups is 3. The molecule has 0 heterocycles. The van der Waals surface area contributed by atoms with Gasteiger partial charge in [0.2, 0.25) is 5.91 Å². The maximum Gasteiger partial charge on any atom is 0.306 e. The van der Waals surface area contributed by atoms with Crippen molar-refractivity contribution >= 4 is 29.2 Å². The molecule has 8 nitrogen and oxygen atoms in total. The lowest BCUT2D eigenvalue weighted by atomic mass is 10.2. The first-order chi connectivity index (χ1) is 16.9. The van der Waals surface area contributed by atoms with E-state index in [0.717, 1.165) is 5.56 Å². The minimum Gasteiger partial charge on any atom is -0.493 e. The van der Waals surface area contributed by atoms with Crippen molar-refractivity contribution < 1.29 is 28.6 Å². The van der Waals surface area contributed by atoms with E-state index in [9.17, 15) is 14.4 Å². The number of hydrogen-bond donors (Lipinski definition) is 2. The van der Waals surface area contributed by atoms with Crippen LogP contribution in [0.3, 0.4) is 0 Å². The summed E-state index contributed by atoms with van der Waals surface area (Å²) in [5.74, 6) is 0.635. The first kappa shape index (κ1) is 25.3. The average Bonchev–Trinajstić information content (AvgIpc) is 2.86. The van der Waals surface area contributed by atoms with Gasteiger partial charge in [-0.15, -0.1) is 0 Å². The lowest BCUT2D eigenvalue weighted by molar-refractivity contribution is -0.147. The van der Waals surface area contributed by atoms with Crippen molar-refractivity contribution in [1.29, 1.82) is 0 Å². The van der Waals surface area contributed by atoms with Crippen LogP contribution < -0.4 is 20.1 Å². The smallest absolute Gasteiger partial charge is 0.306 e. The Hall–Kier alpha value is -4.33. The molecular weight excluding hydrogens is 448 g/mol. The number of hydrogen-bond acceptors (Lipinski definition) is 6. The van der Waals surface area contributed by atoms with Crippen LogP contribution in [0.4, 0.5) is 11.4 Å². The topological polar surface area (TPSA) is 103 Å². The third kappa shape index (κ3) is 8.19. The molecule has 0 radical (unpaired) electrons. The fourth-order valence-corrected chi connectivity index (χ4v) is 3.17. The highest BCUT2D eigenvalue weighted by Crippen LogP contribution is 2.31. The molecule has 0 saturated heterocycles. The van der Waals surface area contributed by atoms with Crippen LogP contribution in [0.15, 0.2) is 72.8 Å². The van der Waals surface area contributed by atoms with E-state index in [2.05, 4.69) is 10.6 Å². The fourth-order valence-electron chi connectivity index (χ4n) is 3.17. The van der Waals surface area contributed by atoms with Gasteiger partial charge in [0.25, 0.3) is 5.91 Å². The molecule has 0 aromatic heterocycles. The SMILES string of the molecule is COc1ccccc1Oc1ccc(NC(=O)CCCC(=O)OCC(=O)Nc2ccccc2C)cc1. The van der Waals surface area contributed by atoms with Gasteiger partial charge in [-0.25, -0.2) is 0 Å². The number of nitrogens with one attached hydrogen (secondary N) is 2. The molecule has 0 fully saturated rings. The number of rotatable bonds is 11. The molecule has 35 heavy (non-hydrogen) atoms. The molecule has 0 aliphatic heterocycles. The van der Waals surface area contributed by atoms with Gasteiger partial charge in [-0.1, -0.05) is 30.3 Å². The molecule has 3 aromatic carbocycles. The largest absolute Gasteiger partial charge is 0.493 e. The molecule has 8 heteroatoms. The molecule has 0 aliphatic carbocycles. The summed E-state index contributed by atoms with van der Waals surface area (Å²) in [6.07, 6.45) is 0.486. The number of para-hydroxylation sites is 3. The third-order valence-electron chi connectivity index (χ3n) is 5.00. The number of benzene rings is 3. The predicted octanol–water partition coefficient (Wildman–Crippen LogP) is 5.09. The van der Waals surface area contributed by atoms with Crippen molar-refractivity contribution in [2.75, 3.05) is 24.4 Å². The molecule has 0 saturated carbocycles. The molecule has 3 rings (SSSR count). The first-order valence-electron chi connectivity index (χ1n) is 11.2. The molecule has 3 aromatic rings. The van der Waals surface area contributed by atoms with Crippen molar-refractivity contribution in [1.82, 2.24) is 0 Å². The summed E-state index contributed by atoms with van der Waals surface area (Å²) in [4.78, 5) is 36.0. The van der Waals surface area contributed by atoms with Crippen LogP contribution in [0, 0.1) is 6.92 Å². The monoisotopic (exact) mass is 476 g/mol. The lowest BCUT2D eigenvalue weighted by Gasteiger charge is -2.11. The summed E-state index contributed by atoms with van der Waals surface area (Å²) >= 11 is 0. The van der Waals surface area contributed by atoms with Crippen molar-refractivity contribution in [3.05, 3.63) is 78.4 Å². The highest BCUT2D eigenvalue weighted by Gasteiger charge is 2.11. The van der Waals surface area contributed by atoms with E-state index < -0.39 is 11.9 Å². The Morgan fingerprint density at radius 3 is 2.17 bits per heavy atom. The Morgan fingerprint density at radius 1 is 0.771 bits per heavy atom. The summed E-state index contributed by atoms with van der Waals surface area (Å²) in [5, 5.41) is 5.47. The van der Waals surface area contributed by atoms with E-state index in [1.807, 2.05) is 37.3 Å². The Kier molecular flexibility index (Phi) is 9.24. The second kappa shape index (κ2) is 12.8. The van der Waals surface area contributed by atoms with Crippen molar-refractivity contribution in [3.8, 4) is 17.2 Å². The number of anilines is 2. The normalized spacial score (nSPS) is 10.2. The van der Waals surface area contributed by atoms with E-state index in [-0.39, 0.29) is 25.4 Å². The Labute approximate surface area is 204 Å². The van der Waals surface area contributed by atoms with Crippen molar-refractivity contribution in [2.24, 2.45) is 0 Å².